The zero-order chi connectivity index (χ0) is 14.3. The molecule has 3 N–H and O–H groups in total. The van der Waals surface area contributed by atoms with E-state index in [0.29, 0.717) is 6.04 Å². The minimum atomic E-state index is 0.137. The molecule has 2 heterocycles. The second kappa shape index (κ2) is 5.26. The van der Waals surface area contributed by atoms with Gasteiger partial charge in [-0.15, -0.1) is 0 Å². The van der Waals surface area contributed by atoms with Crippen molar-refractivity contribution >= 4 is 0 Å². The molecule has 0 saturated carbocycles. The minimum Gasteiger partial charge on any atom is -0.508 e. The number of fused-ring (bicyclic) bond motifs is 1. The Morgan fingerprint density at radius 1 is 1.35 bits per heavy atom. The van der Waals surface area contributed by atoms with Crippen LogP contribution in [0.5, 0.6) is 11.5 Å². The number of nitrogens with one attached hydrogen (secondary N) is 1. The van der Waals surface area contributed by atoms with Crippen LogP contribution in [-0.2, 0) is 0 Å². The van der Waals surface area contributed by atoms with Gasteiger partial charge < -0.3 is 15.5 Å². The molecule has 0 amide bonds. The van der Waals surface area contributed by atoms with Crippen molar-refractivity contribution in [3.05, 3.63) is 23.8 Å². The van der Waals surface area contributed by atoms with Crippen molar-refractivity contribution in [1.29, 1.82) is 0 Å². The maximum Gasteiger partial charge on any atom is 0.120 e. The molecule has 2 fully saturated rings. The number of hydrogen-bond acceptors (Lipinski definition) is 4. The van der Waals surface area contributed by atoms with E-state index in [0.717, 1.165) is 43.5 Å². The summed E-state index contributed by atoms with van der Waals surface area (Å²) in [5, 5.41) is 23.2. The Balaban J connectivity index is 1.86. The predicted molar refractivity (Wildman–Crippen MR) is 78.8 cm³/mol. The van der Waals surface area contributed by atoms with Crippen LogP contribution in [0.4, 0.5) is 0 Å². The number of likely N-dealkylation sites (tertiary alicyclic amines) is 1. The summed E-state index contributed by atoms with van der Waals surface area (Å²) in [5.74, 6) is 1.95. The van der Waals surface area contributed by atoms with Gasteiger partial charge in [0.25, 0.3) is 0 Å². The summed E-state index contributed by atoms with van der Waals surface area (Å²) < 4.78 is 0. The second-order valence-corrected chi connectivity index (χ2v) is 6.17. The molecular weight excluding hydrogens is 252 g/mol. The topological polar surface area (TPSA) is 55.7 Å². The van der Waals surface area contributed by atoms with Gasteiger partial charge >= 0.3 is 0 Å². The van der Waals surface area contributed by atoms with Crippen molar-refractivity contribution in [1.82, 2.24) is 10.2 Å². The van der Waals surface area contributed by atoms with Crippen molar-refractivity contribution in [2.24, 2.45) is 11.8 Å². The lowest BCUT2D eigenvalue weighted by atomic mass is 9.92. The zero-order valence-electron chi connectivity index (χ0n) is 12.2. The van der Waals surface area contributed by atoms with Crippen LogP contribution in [0.1, 0.15) is 31.9 Å². The molecule has 1 aromatic carbocycles. The highest BCUT2D eigenvalue weighted by Crippen LogP contribution is 2.41. The van der Waals surface area contributed by atoms with E-state index < -0.39 is 0 Å². The fraction of sp³-hybridized carbons (Fsp3) is 0.625. The molecule has 2 aliphatic rings. The van der Waals surface area contributed by atoms with Crippen LogP contribution < -0.4 is 5.32 Å². The van der Waals surface area contributed by atoms with Crippen LogP contribution in [0.15, 0.2) is 18.2 Å². The highest BCUT2D eigenvalue weighted by molar-refractivity contribution is 5.40. The second-order valence-electron chi connectivity index (χ2n) is 6.17. The van der Waals surface area contributed by atoms with Crippen molar-refractivity contribution in [3.8, 4) is 11.5 Å². The molecule has 2 aliphatic heterocycles. The molecular formula is C16H24N2O2. The average molecular weight is 276 g/mol. The standard InChI is InChI=1S/C16H24N2O2/c1-3-15-14-8-17-7-11(14)9-18(15)10(2)13-6-12(19)4-5-16(13)20/h4-6,10-11,14-15,17,19-20H,3,7-9H2,1-2H3. The Morgan fingerprint density at radius 2 is 2.15 bits per heavy atom. The molecule has 3 rings (SSSR count). The van der Waals surface area contributed by atoms with Gasteiger partial charge in [0.05, 0.1) is 0 Å². The van der Waals surface area contributed by atoms with Crippen molar-refractivity contribution < 1.29 is 10.2 Å². The Kier molecular flexibility index (Phi) is 3.61. The summed E-state index contributed by atoms with van der Waals surface area (Å²) in [4.78, 5) is 2.50. The summed E-state index contributed by atoms with van der Waals surface area (Å²) in [7, 11) is 0. The van der Waals surface area contributed by atoms with Crippen molar-refractivity contribution in [2.45, 2.75) is 32.4 Å². The van der Waals surface area contributed by atoms with E-state index in [-0.39, 0.29) is 17.5 Å². The van der Waals surface area contributed by atoms with Gasteiger partial charge in [-0.3, -0.25) is 4.90 Å². The average Bonchev–Trinajstić information content (AvgIpc) is 3.00. The van der Waals surface area contributed by atoms with Gasteiger partial charge in [0.1, 0.15) is 11.5 Å². The highest BCUT2D eigenvalue weighted by Gasteiger charge is 2.45. The first kappa shape index (κ1) is 13.7. The van der Waals surface area contributed by atoms with Crippen LogP contribution in [-0.4, -0.2) is 40.8 Å². The Labute approximate surface area is 120 Å². The van der Waals surface area contributed by atoms with Gasteiger partial charge in [0, 0.05) is 24.2 Å². The maximum atomic E-state index is 10.1. The van der Waals surface area contributed by atoms with Crippen LogP contribution >= 0.6 is 0 Å². The summed E-state index contributed by atoms with van der Waals surface area (Å²) in [6.45, 7) is 7.67. The molecule has 2 saturated heterocycles. The molecule has 0 spiro atoms. The third kappa shape index (κ3) is 2.17. The monoisotopic (exact) mass is 276 g/mol. The van der Waals surface area contributed by atoms with Gasteiger partial charge in [-0.25, -0.2) is 0 Å². The van der Waals surface area contributed by atoms with Gasteiger partial charge in [-0.1, -0.05) is 6.92 Å². The van der Waals surface area contributed by atoms with E-state index >= 15 is 0 Å². The predicted octanol–water partition coefficient (Wildman–Crippen LogP) is 2.09. The van der Waals surface area contributed by atoms with Crippen LogP contribution in [0.2, 0.25) is 0 Å². The first-order valence-electron chi connectivity index (χ1n) is 7.60. The molecule has 0 radical (unpaired) electrons. The fourth-order valence-electron chi connectivity index (χ4n) is 4.09. The van der Waals surface area contributed by atoms with E-state index in [4.69, 9.17) is 0 Å². The van der Waals surface area contributed by atoms with E-state index in [2.05, 4.69) is 24.1 Å². The molecule has 4 heteroatoms. The lowest BCUT2D eigenvalue weighted by Crippen LogP contribution is -2.36. The smallest absolute Gasteiger partial charge is 0.120 e. The van der Waals surface area contributed by atoms with Gasteiger partial charge in [0.15, 0.2) is 0 Å². The number of benzene rings is 1. The Morgan fingerprint density at radius 3 is 2.90 bits per heavy atom. The fourth-order valence-corrected chi connectivity index (χ4v) is 4.09. The van der Waals surface area contributed by atoms with E-state index in [1.54, 1.807) is 12.1 Å². The first-order valence-corrected chi connectivity index (χ1v) is 7.60. The van der Waals surface area contributed by atoms with Crippen LogP contribution in [0.25, 0.3) is 0 Å². The molecule has 20 heavy (non-hydrogen) atoms. The number of phenols is 2. The molecule has 0 bridgehead atoms. The van der Waals surface area contributed by atoms with Crippen molar-refractivity contribution in [2.75, 3.05) is 19.6 Å². The molecule has 1 aromatic rings. The molecule has 4 nitrogen and oxygen atoms in total. The zero-order valence-corrected chi connectivity index (χ0v) is 12.2. The molecule has 4 unspecified atom stereocenters. The summed E-state index contributed by atoms with van der Waals surface area (Å²) in [6.07, 6.45) is 1.13. The third-order valence-electron chi connectivity index (χ3n) is 5.13. The van der Waals surface area contributed by atoms with Crippen LogP contribution in [0, 0.1) is 11.8 Å². The lowest BCUT2D eigenvalue weighted by Gasteiger charge is -2.33. The third-order valence-corrected chi connectivity index (χ3v) is 5.13. The number of aromatic hydroxyl groups is 2. The van der Waals surface area contributed by atoms with E-state index in [1.165, 1.54) is 6.07 Å². The van der Waals surface area contributed by atoms with E-state index in [9.17, 15) is 10.2 Å². The Bertz CT molecular complexity index is 491. The maximum absolute atomic E-state index is 10.1. The molecule has 0 aromatic heterocycles. The van der Waals surface area contributed by atoms with Crippen LogP contribution in [0.3, 0.4) is 0 Å². The molecule has 110 valence electrons. The largest absolute Gasteiger partial charge is 0.508 e. The highest BCUT2D eigenvalue weighted by atomic mass is 16.3. The number of rotatable bonds is 3. The first-order chi connectivity index (χ1) is 9.61. The number of hydrogen-bond donors (Lipinski definition) is 3. The lowest BCUT2D eigenvalue weighted by molar-refractivity contribution is 0.163. The summed E-state index contributed by atoms with van der Waals surface area (Å²) >= 11 is 0. The quantitative estimate of drug-likeness (QED) is 0.740. The van der Waals surface area contributed by atoms with Gasteiger partial charge in [0.2, 0.25) is 0 Å². The van der Waals surface area contributed by atoms with Gasteiger partial charge in [-0.05, 0) is 56.5 Å². The number of phenolic OH excluding ortho intramolecular Hbond substituents is 2. The normalized spacial score (nSPS) is 31.4. The minimum absolute atomic E-state index is 0.137. The van der Waals surface area contributed by atoms with E-state index in [1.807, 2.05) is 0 Å². The summed E-state index contributed by atoms with van der Waals surface area (Å²) in [5.41, 5.74) is 0.830. The molecule has 4 atom stereocenters. The Hall–Kier alpha value is -1.26. The summed E-state index contributed by atoms with van der Waals surface area (Å²) in [6, 6.07) is 5.51. The SMILES string of the molecule is CCC1C2CNCC2CN1C(C)c1cc(O)ccc1O. The molecule has 0 aliphatic carbocycles. The number of nitrogens with zero attached hydrogens (tertiary/aromatic N) is 1. The van der Waals surface area contributed by atoms with Crippen molar-refractivity contribution in [3.63, 3.8) is 0 Å². The van der Waals surface area contributed by atoms with Gasteiger partial charge in [-0.2, -0.15) is 0 Å².